The predicted molar refractivity (Wildman–Crippen MR) is 51.0 cm³/mol. The van der Waals surface area contributed by atoms with E-state index in [2.05, 4.69) is 17.9 Å². The topological polar surface area (TPSA) is 29.1 Å². The van der Waals surface area contributed by atoms with Crippen LogP contribution >= 0.6 is 12.6 Å². The highest BCUT2D eigenvalue weighted by Gasteiger charge is 2.28. The van der Waals surface area contributed by atoms with Gasteiger partial charge in [-0.05, 0) is 34.6 Å². The number of hydrogen-bond donors (Lipinski definition) is 2. The Morgan fingerprint density at radius 3 is 1.64 bits per heavy atom. The van der Waals surface area contributed by atoms with Gasteiger partial charge in [0.2, 0.25) is 5.12 Å². The van der Waals surface area contributed by atoms with Crippen molar-refractivity contribution in [2.24, 2.45) is 0 Å². The zero-order valence-electron chi connectivity index (χ0n) is 7.86. The first kappa shape index (κ1) is 11.0. The summed E-state index contributed by atoms with van der Waals surface area (Å²) < 4.78 is 0. The van der Waals surface area contributed by atoms with Gasteiger partial charge in [-0.15, -0.1) is 12.6 Å². The van der Waals surface area contributed by atoms with Gasteiger partial charge in [-0.25, -0.2) is 0 Å². The zero-order valence-corrected chi connectivity index (χ0v) is 8.75. The molecule has 0 aliphatic carbocycles. The van der Waals surface area contributed by atoms with E-state index in [4.69, 9.17) is 0 Å². The van der Waals surface area contributed by atoms with E-state index in [-0.39, 0.29) is 10.7 Å². The fourth-order valence-corrected chi connectivity index (χ4v) is 1.05. The van der Waals surface area contributed by atoms with Gasteiger partial charge in [-0.3, -0.25) is 10.1 Å². The molecule has 66 valence electrons. The van der Waals surface area contributed by atoms with Gasteiger partial charge < -0.3 is 0 Å². The van der Waals surface area contributed by atoms with Crippen molar-refractivity contribution in [3.05, 3.63) is 0 Å². The van der Waals surface area contributed by atoms with Gasteiger partial charge in [0, 0.05) is 5.54 Å². The average molecular weight is 175 g/mol. The van der Waals surface area contributed by atoms with E-state index in [1.165, 1.54) is 0 Å². The minimum Gasteiger partial charge on any atom is -0.300 e. The van der Waals surface area contributed by atoms with Crippen LogP contribution in [-0.4, -0.2) is 16.2 Å². The van der Waals surface area contributed by atoms with Crippen LogP contribution in [0.25, 0.3) is 0 Å². The van der Waals surface area contributed by atoms with Crippen LogP contribution in [-0.2, 0) is 4.79 Å². The summed E-state index contributed by atoms with van der Waals surface area (Å²) in [6.45, 7) is 9.71. The van der Waals surface area contributed by atoms with Gasteiger partial charge in [0.25, 0.3) is 0 Å². The third-order valence-electron chi connectivity index (χ3n) is 1.22. The molecule has 0 bridgehead atoms. The molecule has 0 aromatic heterocycles. The summed E-state index contributed by atoms with van der Waals surface area (Å²) in [6.07, 6.45) is 0. The number of carbonyl (C=O) groups is 1. The number of carbonyl (C=O) groups excluding carboxylic acids is 1. The maximum absolute atomic E-state index is 10.9. The van der Waals surface area contributed by atoms with Crippen molar-refractivity contribution in [3.63, 3.8) is 0 Å². The van der Waals surface area contributed by atoms with Crippen molar-refractivity contribution in [1.82, 2.24) is 5.32 Å². The molecule has 0 fully saturated rings. The summed E-state index contributed by atoms with van der Waals surface area (Å²) in [5.41, 5.74) is -0.594. The standard InChI is InChI=1S/C8H17NOS/c1-7(2,3)9-8(4,5)6(10)11/h9H,1-5H3,(H,10,11). The smallest absolute Gasteiger partial charge is 0.205 e. The lowest BCUT2D eigenvalue weighted by molar-refractivity contribution is -0.116. The van der Waals surface area contributed by atoms with Gasteiger partial charge in [0.1, 0.15) is 0 Å². The van der Waals surface area contributed by atoms with E-state index >= 15 is 0 Å². The monoisotopic (exact) mass is 175 g/mol. The Hall–Kier alpha value is -0.0200. The molecule has 11 heavy (non-hydrogen) atoms. The maximum atomic E-state index is 10.9. The molecule has 0 saturated carbocycles. The highest BCUT2D eigenvalue weighted by atomic mass is 32.1. The normalized spacial score (nSPS) is 13.3. The average Bonchev–Trinajstić information content (AvgIpc) is 1.56. The lowest BCUT2D eigenvalue weighted by atomic mass is 10.0. The Balaban J connectivity index is 4.25. The summed E-state index contributed by atoms with van der Waals surface area (Å²) in [4.78, 5) is 10.9. The highest BCUT2D eigenvalue weighted by molar-refractivity contribution is 7.96. The van der Waals surface area contributed by atoms with E-state index < -0.39 is 5.54 Å². The van der Waals surface area contributed by atoms with Crippen molar-refractivity contribution >= 4 is 17.7 Å². The predicted octanol–water partition coefficient (Wildman–Crippen LogP) is 1.61. The first-order valence-corrected chi connectivity index (χ1v) is 4.12. The lowest BCUT2D eigenvalue weighted by Gasteiger charge is -2.32. The summed E-state index contributed by atoms with van der Waals surface area (Å²) in [6, 6.07) is 0. The number of nitrogens with one attached hydrogen (secondary N) is 1. The SMILES string of the molecule is CC(C)(C)NC(C)(C)C(=O)S. The molecule has 3 heteroatoms. The first-order chi connectivity index (χ1) is 4.65. The quantitative estimate of drug-likeness (QED) is 0.624. The molecular formula is C8H17NOS. The van der Waals surface area contributed by atoms with Crippen LogP contribution in [0.3, 0.4) is 0 Å². The van der Waals surface area contributed by atoms with Crippen molar-refractivity contribution < 1.29 is 4.79 Å². The third kappa shape index (κ3) is 4.43. The number of hydrogen-bond acceptors (Lipinski definition) is 2. The van der Waals surface area contributed by atoms with Crippen LogP contribution < -0.4 is 5.32 Å². The minimum absolute atomic E-state index is 0.0537. The second-order valence-corrected chi connectivity index (χ2v) is 4.71. The van der Waals surface area contributed by atoms with Crippen LogP contribution in [0.1, 0.15) is 34.6 Å². The molecule has 0 amide bonds. The van der Waals surface area contributed by atoms with E-state index in [1.807, 2.05) is 34.6 Å². The molecule has 0 aromatic carbocycles. The fourth-order valence-electron chi connectivity index (χ4n) is 0.991. The largest absolute Gasteiger partial charge is 0.300 e. The van der Waals surface area contributed by atoms with Crippen LogP contribution in [0.5, 0.6) is 0 Å². The first-order valence-electron chi connectivity index (χ1n) is 3.68. The highest BCUT2D eigenvalue weighted by Crippen LogP contribution is 2.12. The molecule has 0 aliphatic heterocycles. The maximum Gasteiger partial charge on any atom is 0.205 e. The molecule has 0 heterocycles. The molecule has 0 atom stereocenters. The summed E-state index contributed by atoms with van der Waals surface area (Å²) in [7, 11) is 0. The molecule has 0 spiro atoms. The van der Waals surface area contributed by atoms with E-state index in [0.717, 1.165) is 0 Å². The van der Waals surface area contributed by atoms with Crippen LogP contribution in [0.4, 0.5) is 0 Å². The second-order valence-electron chi connectivity index (χ2n) is 4.31. The third-order valence-corrected chi connectivity index (χ3v) is 1.78. The Morgan fingerprint density at radius 2 is 1.55 bits per heavy atom. The van der Waals surface area contributed by atoms with Crippen LogP contribution in [0.2, 0.25) is 0 Å². The molecule has 0 rings (SSSR count). The molecular weight excluding hydrogens is 158 g/mol. The molecule has 0 radical (unpaired) electrons. The van der Waals surface area contributed by atoms with Gasteiger partial charge in [-0.1, -0.05) is 0 Å². The molecule has 2 nitrogen and oxygen atoms in total. The van der Waals surface area contributed by atoms with E-state index in [1.54, 1.807) is 0 Å². The van der Waals surface area contributed by atoms with Crippen LogP contribution in [0, 0.1) is 0 Å². The molecule has 0 saturated heterocycles. The Morgan fingerprint density at radius 1 is 1.18 bits per heavy atom. The number of rotatable bonds is 2. The summed E-state index contributed by atoms with van der Waals surface area (Å²) in [5.74, 6) is 0. The van der Waals surface area contributed by atoms with Crippen molar-refractivity contribution in [2.75, 3.05) is 0 Å². The van der Waals surface area contributed by atoms with Crippen molar-refractivity contribution in [2.45, 2.75) is 45.7 Å². The van der Waals surface area contributed by atoms with Gasteiger partial charge in [0.05, 0.1) is 5.54 Å². The van der Waals surface area contributed by atoms with Gasteiger partial charge in [-0.2, -0.15) is 0 Å². The fraction of sp³-hybridized carbons (Fsp3) is 0.875. The molecule has 0 unspecified atom stereocenters. The lowest BCUT2D eigenvalue weighted by Crippen LogP contribution is -2.53. The second kappa shape index (κ2) is 3.15. The Kier molecular flexibility index (Phi) is 3.15. The van der Waals surface area contributed by atoms with Gasteiger partial charge in [0.15, 0.2) is 0 Å². The number of thiol groups is 1. The molecule has 0 aliphatic rings. The van der Waals surface area contributed by atoms with Gasteiger partial charge >= 0.3 is 0 Å². The van der Waals surface area contributed by atoms with E-state index in [9.17, 15) is 4.79 Å². The molecule has 0 aromatic rings. The summed E-state index contributed by atoms with van der Waals surface area (Å²) >= 11 is 3.79. The Bertz CT molecular complexity index is 158. The van der Waals surface area contributed by atoms with Crippen molar-refractivity contribution in [1.29, 1.82) is 0 Å². The van der Waals surface area contributed by atoms with Crippen molar-refractivity contribution in [3.8, 4) is 0 Å². The minimum atomic E-state index is -0.540. The zero-order chi connectivity index (χ0) is 9.28. The molecule has 1 N–H and O–H groups in total. The van der Waals surface area contributed by atoms with E-state index in [0.29, 0.717) is 0 Å². The Labute approximate surface area is 74.2 Å². The van der Waals surface area contributed by atoms with Crippen LogP contribution in [0.15, 0.2) is 0 Å². The summed E-state index contributed by atoms with van der Waals surface area (Å²) in [5, 5.41) is 3.04.